The predicted molar refractivity (Wildman–Crippen MR) is 59.9 cm³/mol. The van der Waals surface area contributed by atoms with E-state index in [-0.39, 0.29) is 17.3 Å². The van der Waals surface area contributed by atoms with Crippen LogP contribution in [0.5, 0.6) is 11.6 Å². The smallest absolute Gasteiger partial charge is 0.235 e. The molecule has 0 saturated carbocycles. The summed E-state index contributed by atoms with van der Waals surface area (Å²) in [6.07, 6.45) is 5.60. The van der Waals surface area contributed by atoms with E-state index in [1.165, 1.54) is 41.6 Å². The summed E-state index contributed by atoms with van der Waals surface area (Å²) in [6, 6.07) is 2.70. The number of rotatable bonds is 3. The highest BCUT2D eigenvalue weighted by atomic mass is 19.2. The van der Waals surface area contributed by atoms with Crippen LogP contribution >= 0.6 is 0 Å². The van der Waals surface area contributed by atoms with Crippen molar-refractivity contribution in [2.75, 3.05) is 0 Å². The summed E-state index contributed by atoms with van der Waals surface area (Å²) in [4.78, 5) is 3.77. The van der Waals surface area contributed by atoms with Crippen molar-refractivity contribution in [3.63, 3.8) is 0 Å². The number of hydrogen-bond acceptors (Lipinski definition) is 4. The van der Waals surface area contributed by atoms with E-state index in [1.807, 2.05) is 0 Å². The highest BCUT2D eigenvalue weighted by Gasteiger charge is 2.16. The number of imidazole rings is 1. The number of ether oxygens (including phenoxy) is 1. The summed E-state index contributed by atoms with van der Waals surface area (Å²) in [7, 11) is 0. The number of hydrogen-bond donors (Lipinski definition) is 1. The van der Waals surface area contributed by atoms with Crippen LogP contribution in [0.4, 0.5) is 8.78 Å². The van der Waals surface area contributed by atoms with Gasteiger partial charge in [-0.3, -0.25) is 0 Å². The van der Waals surface area contributed by atoms with Crippen LogP contribution in [0.3, 0.4) is 0 Å². The van der Waals surface area contributed by atoms with Crippen LogP contribution in [-0.2, 0) is 0 Å². The van der Waals surface area contributed by atoms with Crippen molar-refractivity contribution >= 4 is 0 Å². The fourth-order valence-corrected chi connectivity index (χ4v) is 1.56. The third-order valence-electron chi connectivity index (χ3n) is 2.42. The van der Waals surface area contributed by atoms with Gasteiger partial charge in [-0.1, -0.05) is 5.21 Å². The lowest BCUT2D eigenvalue weighted by atomic mass is 10.2. The number of benzene rings is 1. The summed E-state index contributed by atoms with van der Waals surface area (Å²) in [6.45, 7) is 0. The van der Waals surface area contributed by atoms with Crippen molar-refractivity contribution < 1.29 is 13.5 Å². The quantitative estimate of drug-likeness (QED) is 0.785. The minimum atomic E-state index is -1.10. The first-order chi connectivity index (χ1) is 9.25. The minimum Gasteiger partial charge on any atom is -0.435 e. The van der Waals surface area contributed by atoms with Gasteiger partial charge in [-0.2, -0.15) is 4.39 Å². The second-order valence-electron chi connectivity index (χ2n) is 3.60. The van der Waals surface area contributed by atoms with E-state index < -0.39 is 11.6 Å². The normalized spacial score (nSPS) is 10.6. The van der Waals surface area contributed by atoms with Crippen molar-refractivity contribution in [1.82, 2.24) is 25.0 Å². The van der Waals surface area contributed by atoms with Gasteiger partial charge in [0.2, 0.25) is 11.7 Å². The van der Waals surface area contributed by atoms with Gasteiger partial charge in [-0.25, -0.2) is 14.5 Å². The molecule has 2 aromatic heterocycles. The van der Waals surface area contributed by atoms with Crippen LogP contribution < -0.4 is 4.74 Å². The van der Waals surface area contributed by atoms with Crippen LogP contribution in [-0.4, -0.2) is 25.0 Å². The third-order valence-corrected chi connectivity index (χ3v) is 2.42. The van der Waals surface area contributed by atoms with Crippen LogP contribution in [0.15, 0.2) is 37.1 Å². The first kappa shape index (κ1) is 11.3. The fourth-order valence-electron chi connectivity index (χ4n) is 1.56. The van der Waals surface area contributed by atoms with Crippen LogP contribution in [0.1, 0.15) is 0 Å². The maximum absolute atomic E-state index is 13.9. The van der Waals surface area contributed by atoms with E-state index in [4.69, 9.17) is 4.74 Å². The van der Waals surface area contributed by atoms with Gasteiger partial charge in [0.05, 0.1) is 12.0 Å². The Labute approximate surface area is 105 Å². The van der Waals surface area contributed by atoms with Crippen molar-refractivity contribution in [2.45, 2.75) is 0 Å². The molecule has 0 aliphatic carbocycles. The Kier molecular flexibility index (Phi) is 2.67. The molecule has 0 atom stereocenters. The van der Waals surface area contributed by atoms with Crippen molar-refractivity contribution in [1.29, 1.82) is 0 Å². The molecule has 1 aromatic carbocycles. The Morgan fingerprint density at radius 3 is 2.79 bits per heavy atom. The second-order valence-corrected chi connectivity index (χ2v) is 3.60. The molecule has 0 radical (unpaired) electrons. The summed E-state index contributed by atoms with van der Waals surface area (Å²) < 4.78 is 34.2. The number of aromatic nitrogens is 5. The van der Waals surface area contributed by atoms with E-state index in [1.54, 1.807) is 0 Å². The van der Waals surface area contributed by atoms with Crippen molar-refractivity contribution in [3.05, 3.63) is 48.7 Å². The molecule has 1 N–H and O–H groups in total. The zero-order chi connectivity index (χ0) is 13.2. The monoisotopic (exact) mass is 263 g/mol. The third kappa shape index (κ3) is 2.03. The van der Waals surface area contributed by atoms with Crippen LogP contribution in [0.2, 0.25) is 0 Å². The van der Waals surface area contributed by atoms with Crippen LogP contribution in [0.25, 0.3) is 5.69 Å². The molecule has 6 nitrogen and oxygen atoms in total. The lowest BCUT2D eigenvalue weighted by molar-refractivity contribution is 0.404. The maximum Gasteiger partial charge on any atom is 0.235 e. The molecular weight excluding hydrogens is 256 g/mol. The molecule has 3 rings (SSSR count). The number of nitrogens with one attached hydrogen (secondary N) is 1. The van der Waals surface area contributed by atoms with Gasteiger partial charge in [0.1, 0.15) is 6.20 Å². The standard InChI is InChI=1S/C11H7F2N5O/c12-10-7(18-4-3-14-6-18)1-2-8(11(10)13)19-9-5-15-17-16-9/h1-6H,(H,15,16,17). The highest BCUT2D eigenvalue weighted by molar-refractivity contribution is 5.41. The molecule has 96 valence electrons. The SMILES string of the molecule is Fc1c(Oc2cnn[nH]2)ccc(-n2ccnc2)c1F. The van der Waals surface area contributed by atoms with E-state index in [0.29, 0.717) is 0 Å². The Morgan fingerprint density at radius 1 is 1.21 bits per heavy atom. The van der Waals surface area contributed by atoms with Gasteiger partial charge < -0.3 is 9.30 Å². The lowest BCUT2D eigenvalue weighted by Crippen LogP contribution is -2.00. The van der Waals surface area contributed by atoms with Crippen molar-refractivity contribution in [3.8, 4) is 17.3 Å². The molecule has 0 fully saturated rings. The number of H-pyrrole nitrogens is 1. The molecular formula is C11H7F2N5O. The summed E-state index contributed by atoms with van der Waals surface area (Å²) in [5.74, 6) is -2.26. The molecule has 19 heavy (non-hydrogen) atoms. The Morgan fingerprint density at radius 2 is 2.11 bits per heavy atom. The largest absolute Gasteiger partial charge is 0.435 e. The van der Waals surface area contributed by atoms with Gasteiger partial charge >= 0.3 is 0 Å². The topological polar surface area (TPSA) is 68.6 Å². The first-order valence-electron chi connectivity index (χ1n) is 5.26. The van der Waals surface area contributed by atoms with E-state index in [9.17, 15) is 8.78 Å². The molecule has 0 amide bonds. The van der Waals surface area contributed by atoms with Crippen LogP contribution in [0, 0.1) is 11.6 Å². The molecule has 0 aliphatic heterocycles. The lowest BCUT2D eigenvalue weighted by Gasteiger charge is -2.08. The summed E-state index contributed by atoms with van der Waals surface area (Å²) in [5, 5.41) is 9.26. The number of nitrogens with zero attached hydrogens (tertiary/aromatic N) is 4. The average Bonchev–Trinajstić information content (AvgIpc) is 3.08. The Hall–Kier alpha value is -2.77. The summed E-state index contributed by atoms with van der Waals surface area (Å²) >= 11 is 0. The van der Waals surface area contributed by atoms with Gasteiger partial charge in [0, 0.05) is 12.4 Å². The maximum atomic E-state index is 13.9. The Balaban J connectivity index is 1.99. The zero-order valence-corrected chi connectivity index (χ0v) is 9.42. The molecule has 0 spiro atoms. The minimum absolute atomic E-state index is 0.0464. The van der Waals surface area contributed by atoms with Gasteiger partial charge in [-0.05, 0) is 12.1 Å². The van der Waals surface area contributed by atoms with E-state index in [2.05, 4.69) is 20.4 Å². The number of aromatic amines is 1. The van der Waals surface area contributed by atoms with Gasteiger partial charge in [0.25, 0.3) is 0 Å². The van der Waals surface area contributed by atoms with Gasteiger partial charge in [-0.15, -0.1) is 5.10 Å². The van der Waals surface area contributed by atoms with E-state index >= 15 is 0 Å². The second kappa shape index (κ2) is 4.48. The average molecular weight is 263 g/mol. The molecule has 2 heterocycles. The predicted octanol–water partition coefficient (Wildman–Crippen LogP) is 2.06. The molecule has 0 aliphatic rings. The fraction of sp³-hybridized carbons (Fsp3) is 0. The molecule has 8 heteroatoms. The highest BCUT2D eigenvalue weighted by Crippen LogP contribution is 2.27. The zero-order valence-electron chi connectivity index (χ0n) is 9.42. The first-order valence-corrected chi connectivity index (χ1v) is 5.26. The van der Waals surface area contributed by atoms with E-state index in [0.717, 1.165) is 0 Å². The molecule has 0 bridgehead atoms. The Bertz CT molecular complexity index is 681. The number of halogens is 2. The molecule has 0 unspecified atom stereocenters. The molecule has 3 aromatic rings. The molecule has 0 saturated heterocycles. The van der Waals surface area contributed by atoms with Crippen molar-refractivity contribution in [2.24, 2.45) is 0 Å². The summed E-state index contributed by atoms with van der Waals surface area (Å²) in [5.41, 5.74) is 0.0464. The van der Waals surface area contributed by atoms with Gasteiger partial charge in [0.15, 0.2) is 11.6 Å².